The van der Waals surface area contributed by atoms with Crippen LogP contribution in [0.3, 0.4) is 0 Å². The molecule has 36 heavy (non-hydrogen) atoms. The summed E-state index contributed by atoms with van der Waals surface area (Å²) >= 11 is 1.33. The number of benzene rings is 3. The number of para-hydroxylation sites is 1. The van der Waals surface area contributed by atoms with Crippen LogP contribution in [0.15, 0.2) is 82.7 Å². The second kappa shape index (κ2) is 9.99. The second-order valence-electron chi connectivity index (χ2n) is 8.75. The summed E-state index contributed by atoms with van der Waals surface area (Å²) in [5, 5.41) is 9.97. The third-order valence-corrected chi connectivity index (χ3v) is 7.19. The summed E-state index contributed by atoms with van der Waals surface area (Å²) in [5.41, 5.74) is 4.45. The highest BCUT2D eigenvalue weighted by molar-refractivity contribution is 7.99. The number of fused-ring (bicyclic) bond motifs is 3. The fraction of sp³-hybridized carbons (Fsp3) is 0.214. The van der Waals surface area contributed by atoms with Gasteiger partial charge in [0.2, 0.25) is 11.7 Å². The average molecular weight is 498 g/mol. The number of thioether (sulfide) groups is 1. The van der Waals surface area contributed by atoms with Gasteiger partial charge in [-0.1, -0.05) is 66.4 Å². The first-order valence-corrected chi connectivity index (χ1v) is 12.9. The standard InChI is InChI=1S/C28H27N5O2S/c1-4-31(17-21-10-6-5-7-11-21)25(34)18-36-28-30-29-27-32(24-16-19(2)14-15-20(24)3)26(35)22-12-8-9-13-23(22)33(27)28/h5-16H,4,17-18H2,1-3H3. The van der Waals surface area contributed by atoms with E-state index in [2.05, 4.69) is 10.2 Å². The molecule has 0 aliphatic carbocycles. The van der Waals surface area contributed by atoms with Gasteiger partial charge in [0, 0.05) is 13.1 Å². The summed E-state index contributed by atoms with van der Waals surface area (Å²) in [6.07, 6.45) is 0. The Balaban J connectivity index is 1.55. The Bertz CT molecular complexity index is 1620. The third kappa shape index (κ3) is 4.40. The quantitative estimate of drug-likeness (QED) is 0.302. The Hall–Kier alpha value is -3.91. The Morgan fingerprint density at radius 1 is 0.972 bits per heavy atom. The molecule has 182 valence electrons. The average Bonchev–Trinajstić information content (AvgIpc) is 3.32. The van der Waals surface area contributed by atoms with Crippen LogP contribution in [0.1, 0.15) is 23.6 Å². The van der Waals surface area contributed by atoms with Crippen molar-refractivity contribution in [1.82, 2.24) is 24.1 Å². The number of hydrogen-bond donors (Lipinski definition) is 0. The molecule has 0 aliphatic rings. The minimum Gasteiger partial charge on any atom is -0.338 e. The molecule has 0 N–H and O–H groups in total. The van der Waals surface area contributed by atoms with Gasteiger partial charge >= 0.3 is 0 Å². The molecule has 0 atom stereocenters. The Morgan fingerprint density at radius 2 is 1.72 bits per heavy atom. The van der Waals surface area contributed by atoms with Crippen molar-refractivity contribution in [2.75, 3.05) is 12.3 Å². The molecule has 7 nitrogen and oxygen atoms in total. The van der Waals surface area contributed by atoms with Crippen molar-refractivity contribution in [2.24, 2.45) is 0 Å². The first-order chi connectivity index (χ1) is 17.5. The van der Waals surface area contributed by atoms with Gasteiger partial charge in [-0.25, -0.2) is 4.57 Å². The number of nitrogens with zero attached hydrogens (tertiary/aromatic N) is 5. The van der Waals surface area contributed by atoms with Gasteiger partial charge in [0.15, 0.2) is 5.16 Å². The van der Waals surface area contributed by atoms with Gasteiger partial charge in [0.25, 0.3) is 5.56 Å². The number of carbonyl (C=O) groups is 1. The lowest BCUT2D eigenvalue weighted by Crippen LogP contribution is -2.31. The number of amides is 1. The summed E-state index contributed by atoms with van der Waals surface area (Å²) in [5.74, 6) is 0.674. The molecule has 1 amide bonds. The van der Waals surface area contributed by atoms with Crippen LogP contribution in [-0.4, -0.2) is 42.3 Å². The van der Waals surface area contributed by atoms with E-state index in [0.717, 1.165) is 27.9 Å². The lowest BCUT2D eigenvalue weighted by Gasteiger charge is -2.20. The summed E-state index contributed by atoms with van der Waals surface area (Å²) in [7, 11) is 0. The molecule has 0 saturated heterocycles. The van der Waals surface area contributed by atoms with E-state index < -0.39 is 0 Å². The Labute approximate surface area is 213 Å². The zero-order valence-corrected chi connectivity index (χ0v) is 21.3. The predicted molar refractivity (Wildman–Crippen MR) is 144 cm³/mol. The lowest BCUT2D eigenvalue weighted by molar-refractivity contribution is -0.128. The van der Waals surface area contributed by atoms with Crippen molar-refractivity contribution in [2.45, 2.75) is 32.5 Å². The van der Waals surface area contributed by atoms with Crippen LogP contribution in [0, 0.1) is 13.8 Å². The van der Waals surface area contributed by atoms with Crippen LogP contribution in [0.2, 0.25) is 0 Å². The molecule has 0 spiro atoms. The van der Waals surface area contributed by atoms with Gasteiger partial charge in [0.05, 0.1) is 22.3 Å². The first-order valence-electron chi connectivity index (χ1n) is 11.9. The third-order valence-electron chi connectivity index (χ3n) is 6.28. The smallest absolute Gasteiger partial charge is 0.267 e. The van der Waals surface area contributed by atoms with Crippen molar-refractivity contribution in [1.29, 1.82) is 0 Å². The van der Waals surface area contributed by atoms with Gasteiger partial charge in [0.1, 0.15) is 0 Å². The zero-order valence-electron chi connectivity index (χ0n) is 20.5. The van der Waals surface area contributed by atoms with Crippen LogP contribution >= 0.6 is 11.8 Å². The molecule has 0 radical (unpaired) electrons. The van der Waals surface area contributed by atoms with Crippen LogP contribution in [0.5, 0.6) is 0 Å². The van der Waals surface area contributed by atoms with E-state index in [9.17, 15) is 9.59 Å². The molecule has 2 aromatic heterocycles. The van der Waals surface area contributed by atoms with Gasteiger partial charge < -0.3 is 4.90 Å². The number of aryl methyl sites for hydroxylation is 2. The molecule has 0 unspecified atom stereocenters. The highest BCUT2D eigenvalue weighted by Crippen LogP contribution is 2.25. The number of rotatable bonds is 7. The molecule has 5 rings (SSSR count). The van der Waals surface area contributed by atoms with E-state index in [1.54, 1.807) is 4.57 Å². The SMILES string of the molecule is CCN(Cc1ccccc1)C(=O)CSc1nnc2n(-c3cc(C)ccc3C)c(=O)c3ccccc3n12. The Kier molecular flexibility index (Phi) is 6.61. The highest BCUT2D eigenvalue weighted by atomic mass is 32.2. The topological polar surface area (TPSA) is 72.5 Å². The number of carbonyl (C=O) groups excluding carboxylic acids is 1. The summed E-state index contributed by atoms with van der Waals surface area (Å²) in [4.78, 5) is 28.5. The molecule has 3 aromatic carbocycles. The van der Waals surface area contributed by atoms with Gasteiger partial charge in [-0.3, -0.25) is 14.0 Å². The Morgan fingerprint density at radius 3 is 2.50 bits per heavy atom. The summed E-state index contributed by atoms with van der Waals surface area (Å²) in [6, 6.07) is 23.4. The highest BCUT2D eigenvalue weighted by Gasteiger charge is 2.20. The predicted octanol–water partition coefficient (Wildman–Crippen LogP) is 4.79. The maximum atomic E-state index is 13.6. The summed E-state index contributed by atoms with van der Waals surface area (Å²) in [6.45, 7) is 7.13. The minimum atomic E-state index is -0.146. The van der Waals surface area contributed by atoms with E-state index in [1.807, 2.05) is 103 Å². The van der Waals surface area contributed by atoms with Crippen molar-refractivity contribution in [3.05, 3.63) is 99.8 Å². The van der Waals surface area contributed by atoms with E-state index in [-0.39, 0.29) is 17.2 Å². The molecule has 0 aliphatic heterocycles. The van der Waals surface area contributed by atoms with E-state index in [1.165, 1.54) is 11.8 Å². The largest absolute Gasteiger partial charge is 0.338 e. The van der Waals surface area contributed by atoms with Crippen molar-refractivity contribution in [3.63, 3.8) is 0 Å². The molecule has 0 bridgehead atoms. The van der Waals surface area contributed by atoms with Crippen molar-refractivity contribution < 1.29 is 4.79 Å². The molecular weight excluding hydrogens is 470 g/mol. The fourth-order valence-corrected chi connectivity index (χ4v) is 5.19. The van der Waals surface area contributed by atoms with Crippen LogP contribution < -0.4 is 5.56 Å². The number of hydrogen-bond acceptors (Lipinski definition) is 5. The fourth-order valence-electron chi connectivity index (χ4n) is 4.35. The van der Waals surface area contributed by atoms with Gasteiger partial charge in [-0.05, 0) is 55.7 Å². The van der Waals surface area contributed by atoms with Crippen molar-refractivity contribution in [3.8, 4) is 5.69 Å². The van der Waals surface area contributed by atoms with Gasteiger partial charge in [-0.2, -0.15) is 0 Å². The van der Waals surface area contributed by atoms with Crippen LogP contribution in [0.25, 0.3) is 22.4 Å². The molecule has 2 heterocycles. The molecule has 0 saturated carbocycles. The van der Waals surface area contributed by atoms with E-state index in [0.29, 0.717) is 29.4 Å². The van der Waals surface area contributed by atoms with E-state index in [4.69, 9.17) is 0 Å². The number of aromatic nitrogens is 4. The van der Waals surface area contributed by atoms with E-state index >= 15 is 0 Å². The zero-order chi connectivity index (χ0) is 25.2. The summed E-state index contributed by atoms with van der Waals surface area (Å²) < 4.78 is 3.50. The van der Waals surface area contributed by atoms with Crippen molar-refractivity contribution >= 4 is 34.3 Å². The first kappa shape index (κ1) is 23.8. The maximum absolute atomic E-state index is 13.6. The monoisotopic (exact) mass is 497 g/mol. The van der Waals surface area contributed by atoms with Gasteiger partial charge in [-0.15, -0.1) is 10.2 Å². The normalized spacial score (nSPS) is 11.3. The minimum absolute atomic E-state index is 0.0234. The van der Waals surface area contributed by atoms with Crippen LogP contribution in [-0.2, 0) is 11.3 Å². The molecule has 0 fully saturated rings. The molecular formula is C28H27N5O2S. The lowest BCUT2D eigenvalue weighted by atomic mass is 10.1. The molecule has 8 heteroatoms. The second-order valence-corrected chi connectivity index (χ2v) is 9.69. The van der Waals surface area contributed by atoms with Crippen LogP contribution in [0.4, 0.5) is 0 Å². The molecule has 5 aromatic rings. The maximum Gasteiger partial charge on any atom is 0.267 e.